The second-order valence-electron chi connectivity index (χ2n) is 13.8. The predicted octanol–water partition coefficient (Wildman–Crippen LogP) is 12.7. The number of furan rings is 1. The number of rotatable bonds is 7. The van der Waals surface area contributed by atoms with Crippen LogP contribution in [0.4, 0.5) is 0 Å². The smallest absolute Gasteiger partial charge is 0.159 e. The van der Waals surface area contributed by atoms with Gasteiger partial charge in [0.25, 0.3) is 0 Å². The Hall–Kier alpha value is -7.30. The molecule has 55 heavy (non-hydrogen) atoms. The van der Waals surface area contributed by atoms with E-state index in [1.54, 1.807) is 0 Å². The van der Waals surface area contributed by atoms with Crippen LogP contribution in [0.5, 0.6) is 0 Å². The Bertz CT molecular complexity index is 2840. The summed E-state index contributed by atoms with van der Waals surface area (Å²) in [7, 11) is 0. The van der Waals surface area contributed by atoms with Crippen molar-refractivity contribution in [1.29, 1.82) is 0 Å². The van der Waals surface area contributed by atoms with E-state index in [2.05, 4.69) is 175 Å². The molecular formula is C51H35N3O. The first-order chi connectivity index (χ1) is 27.2. The minimum absolute atomic E-state index is 0.351. The number of amidine groups is 2. The minimum atomic E-state index is -0.351. The van der Waals surface area contributed by atoms with Gasteiger partial charge in [-0.2, -0.15) is 0 Å². The fourth-order valence-corrected chi connectivity index (χ4v) is 7.58. The number of hydrogen-bond donors (Lipinski definition) is 1. The molecule has 0 saturated carbocycles. The Balaban J connectivity index is 1.09. The van der Waals surface area contributed by atoms with Crippen molar-refractivity contribution in [3.05, 3.63) is 217 Å². The summed E-state index contributed by atoms with van der Waals surface area (Å²) in [6.45, 7) is 0. The van der Waals surface area contributed by atoms with E-state index < -0.39 is 0 Å². The molecule has 10 rings (SSSR count). The highest BCUT2D eigenvalue weighted by Gasteiger charge is 2.26. The molecule has 0 saturated heterocycles. The van der Waals surface area contributed by atoms with Crippen LogP contribution in [-0.2, 0) is 0 Å². The Morgan fingerprint density at radius 3 is 1.45 bits per heavy atom. The number of fused-ring (bicyclic) bond motifs is 3. The van der Waals surface area contributed by atoms with Crippen molar-refractivity contribution >= 4 is 33.6 Å². The predicted molar refractivity (Wildman–Crippen MR) is 227 cm³/mol. The maximum Gasteiger partial charge on any atom is 0.159 e. The van der Waals surface area contributed by atoms with Crippen LogP contribution >= 0.6 is 0 Å². The molecule has 260 valence electrons. The maximum absolute atomic E-state index is 6.45. The van der Waals surface area contributed by atoms with E-state index in [1.807, 2.05) is 30.3 Å². The zero-order valence-corrected chi connectivity index (χ0v) is 29.9. The molecule has 0 fully saturated rings. The van der Waals surface area contributed by atoms with Crippen molar-refractivity contribution in [3.63, 3.8) is 0 Å². The summed E-state index contributed by atoms with van der Waals surface area (Å²) < 4.78 is 6.45. The second-order valence-corrected chi connectivity index (χ2v) is 13.8. The molecule has 0 bridgehead atoms. The van der Waals surface area contributed by atoms with Gasteiger partial charge in [0, 0.05) is 21.9 Å². The highest BCUT2D eigenvalue weighted by Crippen LogP contribution is 2.39. The maximum atomic E-state index is 6.45. The fourth-order valence-electron chi connectivity index (χ4n) is 7.58. The molecule has 1 N–H and O–H groups in total. The zero-order chi connectivity index (χ0) is 36.6. The monoisotopic (exact) mass is 705 g/mol. The average molecular weight is 706 g/mol. The van der Waals surface area contributed by atoms with Gasteiger partial charge in [0.1, 0.15) is 23.2 Å². The average Bonchev–Trinajstić information content (AvgIpc) is 3.66. The van der Waals surface area contributed by atoms with Crippen LogP contribution in [0.15, 0.2) is 215 Å². The molecule has 4 nitrogen and oxygen atoms in total. The topological polar surface area (TPSA) is 49.9 Å². The van der Waals surface area contributed by atoms with E-state index >= 15 is 0 Å². The number of para-hydroxylation sites is 1. The molecule has 0 spiro atoms. The largest absolute Gasteiger partial charge is 0.456 e. The van der Waals surface area contributed by atoms with Gasteiger partial charge in [0.2, 0.25) is 0 Å². The van der Waals surface area contributed by atoms with Crippen molar-refractivity contribution in [3.8, 4) is 44.5 Å². The van der Waals surface area contributed by atoms with Crippen LogP contribution in [0.25, 0.3) is 66.4 Å². The molecule has 1 unspecified atom stereocenters. The Morgan fingerprint density at radius 2 is 0.873 bits per heavy atom. The van der Waals surface area contributed by atoms with Crippen molar-refractivity contribution in [2.24, 2.45) is 9.98 Å². The number of hydrogen-bond acceptors (Lipinski definition) is 4. The van der Waals surface area contributed by atoms with Gasteiger partial charge in [-0.3, -0.25) is 0 Å². The molecule has 0 amide bonds. The lowest BCUT2D eigenvalue weighted by Crippen LogP contribution is -2.34. The highest BCUT2D eigenvalue weighted by molar-refractivity contribution is 6.24. The summed E-state index contributed by atoms with van der Waals surface area (Å²) in [6.07, 6.45) is -0.351. The molecule has 8 aromatic carbocycles. The summed E-state index contributed by atoms with van der Waals surface area (Å²) in [5, 5.41) is 5.82. The van der Waals surface area contributed by atoms with Crippen LogP contribution in [0.3, 0.4) is 0 Å². The van der Waals surface area contributed by atoms with Crippen molar-refractivity contribution in [2.75, 3.05) is 0 Å². The molecule has 0 radical (unpaired) electrons. The zero-order valence-electron chi connectivity index (χ0n) is 29.9. The van der Waals surface area contributed by atoms with Crippen molar-refractivity contribution in [2.45, 2.75) is 6.17 Å². The van der Waals surface area contributed by atoms with Gasteiger partial charge in [-0.25, -0.2) is 9.98 Å². The van der Waals surface area contributed by atoms with Gasteiger partial charge in [0.05, 0.1) is 0 Å². The first kappa shape index (κ1) is 32.4. The standard InChI is InChI=1S/C51H35N3O/c1-4-12-34(13-5-1)36-20-22-38(23-21-36)39-26-30-42(31-27-39)50-52-49(41-16-8-3-9-17-41)53-51(54-50)48-43(32-33-46-47(48)44-18-10-11-19-45(44)55-46)40-28-24-37(25-29-40)35-14-6-2-7-15-35/h1-33,49H,(H,52,53,54). The molecular weight excluding hydrogens is 671 g/mol. The van der Waals surface area contributed by atoms with Gasteiger partial charge in [0.15, 0.2) is 5.84 Å². The first-order valence-corrected chi connectivity index (χ1v) is 18.6. The summed E-state index contributed by atoms with van der Waals surface area (Å²) in [5.41, 5.74) is 13.9. The van der Waals surface area contributed by atoms with Crippen LogP contribution in [0.2, 0.25) is 0 Å². The van der Waals surface area contributed by atoms with Crippen molar-refractivity contribution < 1.29 is 4.42 Å². The Morgan fingerprint density at radius 1 is 0.400 bits per heavy atom. The third kappa shape index (κ3) is 6.20. The van der Waals surface area contributed by atoms with Gasteiger partial charge in [-0.15, -0.1) is 0 Å². The lowest BCUT2D eigenvalue weighted by atomic mass is 9.92. The van der Waals surface area contributed by atoms with Crippen LogP contribution in [0.1, 0.15) is 22.9 Å². The number of nitrogens with one attached hydrogen (secondary N) is 1. The molecule has 0 aliphatic carbocycles. The summed E-state index contributed by atoms with van der Waals surface area (Å²) in [4.78, 5) is 10.6. The molecule has 1 aliphatic heterocycles. The van der Waals surface area contributed by atoms with Crippen LogP contribution in [0, 0.1) is 0 Å². The molecule has 4 heteroatoms. The molecule has 1 atom stereocenters. The van der Waals surface area contributed by atoms with E-state index in [0.717, 1.165) is 66.7 Å². The van der Waals surface area contributed by atoms with Crippen LogP contribution < -0.4 is 5.32 Å². The molecule has 1 aromatic heterocycles. The van der Waals surface area contributed by atoms with Gasteiger partial charge in [-0.05, 0) is 68.3 Å². The SMILES string of the molecule is c1ccc(-c2ccc(-c3ccc(C4=NC(c5ccccc5)NC(c5c(-c6ccc(-c7ccccc7)cc6)ccc6oc7ccccc7c56)=N4)cc3)cc2)cc1. The minimum Gasteiger partial charge on any atom is -0.456 e. The molecule has 2 heterocycles. The van der Waals surface area contributed by atoms with Crippen LogP contribution in [-0.4, -0.2) is 11.7 Å². The molecule has 9 aromatic rings. The van der Waals surface area contributed by atoms with Crippen molar-refractivity contribution in [1.82, 2.24) is 5.32 Å². The Labute approximate surface area is 319 Å². The third-order valence-corrected chi connectivity index (χ3v) is 10.4. The van der Waals surface area contributed by atoms with E-state index in [-0.39, 0.29) is 6.17 Å². The van der Waals surface area contributed by atoms with Gasteiger partial charge in [-0.1, -0.05) is 182 Å². The summed E-state index contributed by atoms with van der Waals surface area (Å²) in [5.74, 6) is 1.42. The van der Waals surface area contributed by atoms with Gasteiger partial charge < -0.3 is 9.73 Å². The van der Waals surface area contributed by atoms with E-state index in [0.29, 0.717) is 5.84 Å². The quantitative estimate of drug-likeness (QED) is 0.179. The van der Waals surface area contributed by atoms with E-state index in [4.69, 9.17) is 14.4 Å². The third-order valence-electron chi connectivity index (χ3n) is 10.4. The first-order valence-electron chi connectivity index (χ1n) is 18.6. The number of aliphatic imine (C=N–C) groups is 2. The summed E-state index contributed by atoms with van der Waals surface area (Å²) in [6, 6.07) is 69.9. The normalized spacial score (nSPS) is 14.0. The summed E-state index contributed by atoms with van der Waals surface area (Å²) >= 11 is 0. The number of nitrogens with zero attached hydrogens (tertiary/aromatic N) is 2. The lowest BCUT2D eigenvalue weighted by molar-refractivity contribution is 0.668. The second kappa shape index (κ2) is 13.9. The highest BCUT2D eigenvalue weighted by atomic mass is 16.3. The molecule has 1 aliphatic rings. The van der Waals surface area contributed by atoms with Gasteiger partial charge >= 0.3 is 0 Å². The van der Waals surface area contributed by atoms with E-state index in [9.17, 15) is 0 Å². The number of benzene rings is 8. The Kier molecular flexibility index (Phi) is 8.19. The fraction of sp³-hybridized carbons (Fsp3) is 0.0196. The van der Waals surface area contributed by atoms with E-state index in [1.165, 1.54) is 22.3 Å². The lowest BCUT2D eigenvalue weighted by Gasteiger charge is -2.25.